The minimum atomic E-state index is -1.02. The summed E-state index contributed by atoms with van der Waals surface area (Å²) in [4.78, 5) is 26.7. The molecule has 5 heteroatoms. The zero-order valence-corrected chi connectivity index (χ0v) is 21.6. The normalized spacial score (nSPS) is 11.6. The summed E-state index contributed by atoms with van der Waals surface area (Å²) in [6, 6.07) is 36.5. The number of hydrogen-bond donors (Lipinski definition) is 1. The molecule has 1 atom stereocenters. The maximum atomic E-state index is 13.2. The van der Waals surface area contributed by atoms with E-state index >= 15 is 0 Å². The van der Waals surface area contributed by atoms with Crippen LogP contribution < -0.4 is 4.74 Å². The lowest BCUT2D eigenvalue weighted by molar-refractivity contribution is -0.149. The van der Waals surface area contributed by atoms with Gasteiger partial charge in [-0.1, -0.05) is 103 Å². The average Bonchev–Trinajstić information content (AvgIpc) is 2.96. The Bertz CT molecular complexity index is 1250. The first-order chi connectivity index (χ1) is 18.5. The predicted octanol–water partition coefficient (Wildman–Crippen LogP) is 6.33. The van der Waals surface area contributed by atoms with Crippen molar-refractivity contribution in [2.75, 3.05) is 7.05 Å². The first-order valence-corrected chi connectivity index (χ1v) is 12.9. The summed E-state index contributed by atoms with van der Waals surface area (Å²) >= 11 is 0. The van der Waals surface area contributed by atoms with Crippen LogP contribution in [0, 0.1) is 0 Å². The molecular weight excluding hydrogens is 474 g/mol. The highest BCUT2D eigenvalue weighted by molar-refractivity contribution is 5.83. The Morgan fingerprint density at radius 2 is 1.26 bits per heavy atom. The summed E-state index contributed by atoms with van der Waals surface area (Å²) in [6.45, 7) is 0.460. The SMILES string of the molecule is CN(C(=O)CCC(c1ccccc1)c1ccccc1)C(Cc1ccc(OCc2ccccc2)cc1)C(=O)O. The first kappa shape index (κ1) is 26.7. The summed E-state index contributed by atoms with van der Waals surface area (Å²) < 4.78 is 5.83. The minimum absolute atomic E-state index is 0.0569. The molecule has 0 spiro atoms. The van der Waals surface area contributed by atoms with Crippen LogP contribution in [0.3, 0.4) is 0 Å². The van der Waals surface area contributed by atoms with Gasteiger partial charge in [-0.15, -0.1) is 0 Å². The van der Waals surface area contributed by atoms with Crippen molar-refractivity contribution in [3.63, 3.8) is 0 Å². The molecule has 4 aromatic carbocycles. The molecule has 1 N–H and O–H groups in total. The zero-order valence-electron chi connectivity index (χ0n) is 21.6. The lowest BCUT2D eigenvalue weighted by Gasteiger charge is -2.26. The highest BCUT2D eigenvalue weighted by Crippen LogP contribution is 2.29. The fourth-order valence-electron chi connectivity index (χ4n) is 4.59. The van der Waals surface area contributed by atoms with Crippen molar-refractivity contribution in [2.24, 2.45) is 0 Å². The molecule has 4 rings (SSSR count). The summed E-state index contributed by atoms with van der Waals surface area (Å²) in [5.74, 6) is -0.437. The lowest BCUT2D eigenvalue weighted by atomic mass is 9.87. The van der Waals surface area contributed by atoms with E-state index in [9.17, 15) is 14.7 Å². The molecule has 194 valence electrons. The number of carbonyl (C=O) groups excluding carboxylic acids is 1. The Balaban J connectivity index is 1.37. The van der Waals surface area contributed by atoms with Gasteiger partial charge in [0.1, 0.15) is 18.4 Å². The molecule has 0 radical (unpaired) electrons. The molecule has 0 saturated carbocycles. The molecule has 38 heavy (non-hydrogen) atoms. The smallest absolute Gasteiger partial charge is 0.326 e. The largest absolute Gasteiger partial charge is 0.489 e. The van der Waals surface area contributed by atoms with E-state index in [2.05, 4.69) is 24.3 Å². The number of hydrogen-bond acceptors (Lipinski definition) is 3. The van der Waals surface area contributed by atoms with Crippen LogP contribution in [-0.2, 0) is 22.6 Å². The van der Waals surface area contributed by atoms with Gasteiger partial charge in [0.25, 0.3) is 0 Å². The van der Waals surface area contributed by atoms with Gasteiger partial charge in [0.15, 0.2) is 0 Å². The second kappa shape index (κ2) is 13.2. The fourth-order valence-corrected chi connectivity index (χ4v) is 4.59. The van der Waals surface area contributed by atoms with E-state index in [0.29, 0.717) is 18.8 Å². The Labute approximate surface area is 224 Å². The van der Waals surface area contributed by atoms with Crippen LogP contribution in [0.2, 0.25) is 0 Å². The number of carboxylic acid groups (broad SMARTS) is 1. The standard InChI is InChI=1S/C33H33NO4/c1-34(32(35)22-21-30(27-13-7-3-8-14-27)28-15-9-4-10-16-28)31(33(36)37)23-25-17-19-29(20-18-25)38-24-26-11-5-2-6-12-26/h2-20,30-31H,21-24H2,1H3,(H,36,37). The predicted molar refractivity (Wildman–Crippen MR) is 149 cm³/mol. The van der Waals surface area contributed by atoms with E-state index in [4.69, 9.17) is 4.74 Å². The third-order valence-corrected chi connectivity index (χ3v) is 6.80. The van der Waals surface area contributed by atoms with Gasteiger partial charge >= 0.3 is 5.97 Å². The van der Waals surface area contributed by atoms with Crippen molar-refractivity contribution in [2.45, 2.75) is 37.8 Å². The number of aliphatic carboxylic acids is 1. The summed E-state index contributed by atoms with van der Waals surface area (Å²) in [5.41, 5.74) is 4.18. The molecule has 5 nitrogen and oxygen atoms in total. The molecule has 0 fully saturated rings. The summed E-state index contributed by atoms with van der Waals surface area (Å²) in [7, 11) is 1.58. The van der Waals surface area contributed by atoms with Crippen LogP contribution in [0.25, 0.3) is 0 Å². The van der Waals surface area contributed by atoms with Gasteiger partial charge < -0.3 is 14.7 Å². The van der Waals surface area contributed by atoms with Gasteiger partial charge in [-0.3, -0.25) is 4.79 Å². The summed E-state index contributed by atoms with van der Waals surface area (Å²) in [6.07, 6.45) is 1.06. The highest BCUT2D eigenvalue weighted by Gasteiger charge is 2.27. The van der Waals surface area contributed by atoms with Gasteiger partial charge in [-0.2, -0.15) is 0 Å². The van der Waals surface area contributed by atoms with E-state index < -0.39 is 12.0 Å². The highest BCUT2D eigenvalue weighted by atomic mass is 16.5. The molecule has 1 amide bonds. The van der Waals surface area contributed by atoms with Crippen LogP contribution in [0.5, 0.6) is 5.75 Å². The Morgan fingerprint density at radius 3 is 1.79 bits per heavy atom. The number of amides is 1. The topological polar surface area (TPSA) is 66.8 Å². The molecule has 1 unspecified atom stereocenters. The maximum absolute atomic E-state index is 13.2. The van der Waals surface area contributed by atoms with Crippen molar-refractivity contribution < 1.29 is 19.4 Å². The molecule has 0 aliphatic heterocycles. The Kier molecular flexibility index (Phi) is 9.30. The van der Waals surface area contributed by atoms with Crippen molar-refractivity contribution in [1.29, 1.82) is 0 Å². The fraction of sp³-hybridized carbons (Fsp3) is 0.212. The van der Waals surface area contributed by atoms with Crippen molar-refractivity contribution in [1.82, 2.24) is 4.90 Å². The second-order valence-corrected chi connectivity index (χ2v) is 9.39. The van der Waals surface area contributed by atoms with Crippen LogP contribution in [0.4, 0.5) is 0 Å². The third kappa shape index (κ3) is 7.32. The second-order valence-electron chi connectivity index (χ2n) is 9.39. The molecule has 0 aliphatic rings. The molecule has 0 heterocycles. The van der Waals surface area contributed by atoms with Crippen LogP contribution in [0.15, 0.2) is 115 Å². The minimum Gasteiger partial charge on any atom is -0.489 e. The van der Waals surface area contributed by atoms with Gasteiger partial charge in [0.05, 0.1) is 0 Å². The van der Waals surface area contributed by atoms with Crippen LogP contribution >= 0.6 is 0 Å². The third-order valence-electron chi connectivity index (χ3n) is 6.80. The van der Waals surface area contributed by atoms with E-state index in [1.165, 1.54) is 4.90 Å². The molecule has 0 aromatic heterocycles. The van der Waals surface area contributed by atoms with Gasteiger partial charge in [-0.25, -0.2) is 4.79 Å². The quantitative estimate of drug-likeness (QED) is 0.243. The zero-order chi connectivity index (χ0) is 26.7. The van der Waals surface area contributed by atoms with Crippen LogP contribution in [0.1, 0.15) is 41.0 Å². The van der Waals surface area contributed by atoms with Gasteiger partial charge in [0, 0.05) is 25.8 Å². The monoisotopic (exact) mass is 507 g/mol. The van der Waals surface area contributed by atoms with E-state index in [0.717, 1.165) is 22.3 Å². The number of likely N-dealkylation sites (N-methyl/N-ethyl adjacent to an activating group) is 1. The maximum Gasteiger partial charge on any atom is 0.326 e. The molecule has 0 bridgehead atoms. The number of carbonyl (C=O) groups is 2. The number of ether oxygens (including phenoxy) is 1. The Morgan fingerprint density at radius 1 is 0.737 bits per heavy atom. The number of carboxylic acids is 1. The van der Waals surface area contributed by atoms with Gasteiger partial charge in [-0.05, 0) is 40.8 Å². The molecule has 0 aliphatic carbocycles. The summed E-state index contributed by atoms with van der Waals surface area (Å²) in [5, 5.41) is 9.93. The number of rotatable bonds is 12. The lowest BCUT2D eigenvalue weighted by Crippen LogP contribution is -2.43. The molecular formula is C33H33NO4. The number of benzene rings is 4. The van der Waals surface area contributed by atoms with E-state index in [-0.39, 0.29) is 24.7 Å². The Hall–Kier alpha value is -4.38. The molecule has 0 saturated heterocycles. The van der Waals surface area contributed by atoms with Crippen molar-refractivity contribution in [3.8, 4) is 5.75 Å². The van der Waals surface area contributed by atoms with Crippen molar-refractivity contribution >= 4 is 11.9 Å². The first-order valence-electron chi connectivity index (χ1n) is 12.9. The van der Waals surface area contributed by atoms with Gasteiger partial charge in [0.2, 0.25) is 5.91 Å². The van der Waals surface area contributed by atoms with E-state index in [1.807, 2.05) is 91.0 Å². The van der Waals surface area contributed by atoms with Crippen molar-refractivity contribution in [3.05, 3.63) is 138 Å². The number of nitrogens with zero attached hydrogens (tertiary/aromatic N) is 1. The average molecular weight is 508 g/mol. The molecule has 4 aromatic rings. The van der Waals surface area contributed by atoms with Crippen LogP contribution in [-0.4, -0.2) is 35.0 Å². The van der Waals surface area contributed by atoms with E-state index in [1.54, 1.807) is 7.05 Å².